The van der Waals surface area contributed by atoms with Gasteiger partial charge >= 0.3 is 5.69 Å². The molecule has 0 radical (unpaired) electrons. The molecule has 1 saturated heterocycles. The lowest BCUT2D eigenvalue weighted by Gasteiger charge is -2.29. The zero-order valence-corrected chi connectivity index (χ0v) is 14.4. The monoisotopic (exact) mass is 355 g/mol. The second-order valence-electron chi connectivity index (χ2n) is 6.61. The molecule has 2 aliphatic heterocycles. The summed E-state index contributed by atoms with van der Waals surface area (Å²) >= 11 is 0. The lowest BCUT2D eigenvalue weighted by atomic mass is 10.00. The number of hydrogen-bond acceptors (Lipinski definition) is 7. The summed E-state index contributed by atoms with van der Waals surface area (Å²) in [7, 11) is 0. The third kappa shape index (κ3) is 3.32. The first kappa shape index (κ1) is 16.7. The number of nitrogens with zero attached hydrogens (tertiary/aromatic N) is 4. The molecule has 26 heavy (non-hydrogen) atoms. The molecular weight excluding hydrogens is 334 g/mol. The highest BCUT2D eigenvalue weighted by atomic mass is 16.6. The SMILES string of the molecule is O=[N+]([O-])c1c(NCC2CCCO2)ncnc1N1CCc2ccccc2C1. The fraction of sp³-hybridized carbons (Fsp3) is 0.444. The van der Waals surface area contributed by atoms with Crippen molar-refractivity contribution in [3.05, 3.63) is 51.8 Å². The summed E-state index contributed by atoms with van der Waals surface area (Å²) in [5, 5.41) is 14.8. The number of rotatable bonds is 5. The van der Waals surface area contributed by atoms with Crippen molar-refractivity contribution >= 4 is 17.3 Å². The fourth-order valence-corrected chi connectivity index (χ4v) is 3.59. The summed E-state index contributed by atoms with van der Waals surface area (Å²) in [5.74, 6) is 0.628. The first-order valence-corrected chi connectivity index (χ1v) is 8.89. The molecule has 0 bridgehead atoms. The van der Waals surface area contributed by atoms with Crippen LogP contribution < -0.4 is 10.2 Å². The molecule has 136 valence electrons. The first-order chi connectivity index (χ1) is 12.7. The van der Waals surface area contributed by atoms with Crippen LogP contribution in [-0.4, -0.2) is 40.7 Å². The van der Waals surface area contributed by atoms with Crippen molar-refractivity contribution in [3.63, 3.8) is 0 Å². The lowest BCUT2D eigenvalue weighted by molar-refractivity contribution is -0.383. The van der Waals surface area contributed by atoms with Gasteiger partial charge in [-0.1, -0.05) is 24.3 Å². The molecule has 1 aromatic carbocycles. The Balaban J connectivity index is 1.59. The molecular formula is C18H21N5O3. The van der Waals surface area contributed by atoms with E-state index in [0.717, 1.165) is 25.9 Å². The molecule has 0 aliphatic carbocycles. The van der Waals surface area contributed by atoms with Crippen LogP contribution >= 0.6 is 0 Å². The average Bonchev–Trinajstić information content (AvgIpc) is 3.19. The van der Waals surface area contributed by atoms with E-state index in [-0.39, 0.29) is 17.6 Å². The molecule has 1 unspecified atom stereocenters. The van der Waals surface area contributed by atoms with Crippen molar-refractivity contribution in [1.29, 1.82) is 0 Å². The van der Waals surface area contributed by atoms with Crippen LogP contribution in [-0.2, 0) is 17.7 Å². The van der Waals surface area contributed by atoms with Gasteiger partial charge in [0.15, 0.2) is 0 Å². The molecule has 4 rings (SSSR count). The number of benzene rings is 1. The quantitative estimate of drug-likeness (QED) is 0.650. The summed E-state index contributed by atoms with van der Waals surface area (Å²) in [5.41, 5.74) is 2.41. The number of fused-ring (bicyclic) bond motifs is 1. The van der Waals surface area contributed by atoms with Crippen LogP contribution in [0.15, 0.2) is 30.6 Å². The molecule has 0 amide bonds. The van der Waals surface area contributed by atoms with Crippen LogP contribution in [0.2, 0.25) is 0 Å². The standard InChI is InChI=1S/C18H21N5O3/c24-23(25)16-17(19-10-15-6-3-9-26-15)20-12-21-18(16)22-8-7-13-4-1-2-5-14(13)11-22/h1-2,4-5,12,15H,3,6-11H2,(H,19,20,21). The topological polar surface area (TPSA) is 93.4 Å². The van der Waals surface area contributed by atoms with Crippen molar-refractivity contribution in [2.24, 2.45) is 0 Å². The number of nitrogens with one attached hydrogen (secondary N) is 1. The van der Waals surface area contributed by atoms with Gasteiger partial charge in [0.1, 0.15) is 6.33 Å². The minimum atomic E-state index is -0.395. The molecule has 8 nitrogen and oxygen atoms in total. The van der Waals surface area contributed by atoms with E-state index in [4.69, 9.17) is 4.74 Å². The Morgan fingerprint density at radius 1 is 1.31 bits per heavy atom. The van der Waals surface area contributed by atoms with Crippen LogP contribution in [0.1, 0.15) is 24.0 Å². The van der Waals surface area contributed by atoms with Crippen molar-refractivity contribution in [1.82, 2.24) is 9.97 Å². The maximum atomic E-state index is 11.8. The van der Waals surface area contributed by atoms with Gasteiger partial charge in [-0.25, -0.2) is 9.97 Å². The first-order valence-electron chi connectivity index (χ1n) is 8.89. The Morgan fingerprint density at radius 2 is 2.15 bits per heavy atom. The summed E-state index contributed by atoms with van der Waals surface area (Å²) < 4.78 is 5.57. The summed E-state index contributed by atoms with van der Waals surface area (Å²) in [4.78, 5) is 21.7. The third-order valence-corrected chi connectivity index (χ3v) is 4.94. The Kier molecular flexibility index (Phi) is 4.66. The summed E-state index contributed by atoms with van der Waals surface area (Å²) in [6, 6.07) is 8.18. The molecule has 1 fully saturated rings. The van der Waals surface area contributed by atoms with Crippen LogP contribution in [0.25, 0.3) is 0 Å². The number of hydrogen-bond donors (Lipinski definition) is 1. The van der Waals surface area contributed by atoms with E-state index in [1.54, 1.807) is 0 Å². The highest BCUT2D eigenvalue weighted by Gasteiger charge is 2.29. The predicted octanol–water partition coefficient (Wildman–Crippen LogP) is 2.54. The number of aromatic nitrogens is 2. The highest BCUT2D eigenvalue weighted by Crippen LogP contribution is 2.34. The van der Waals surface area contributed by atoms with E-state index in [1.807, 2.05) is 17.0 Å². The Labute approximate surface area is 151 Å². The van der Waals surface area contributed by atoms with E-state index in [9.17, 15) is 10.1 Å². The number of anilines is 2. The van der Waals surface area contributed by atoms with E-state index >= 15 is 0 Å². The molecule has 1 N–H and O–H groups in total. The zero-order chi connectivity index (χ0) is 17.9. The normalized spacial score (nSPS) is 19.2. The number of nitro groups is 1. The van der Waals surface area contributed by atoms with E-state index in [0.29, 0.717) is 25.5 Å². The van der Waals surface area contributed by atoms with Crippen LogP contribution in [0, 0.1) is 10.1 Å². The van der Waals surface area contributed by atoms with Gasteiger partial charge in [-0.2, -0.15) is 0 Å². The van der Waals surface area contributed by atoms with Crippen molar-refractivity contribution < 1.29 is 9.66 Å². The molecule has 1 atom stereocenters. The smallest absolute Gasteiger partial charge is 0.353 e. The lowest BCUT2D eigenvalue weighted by Crippen LogP contribution is -2.32. The largest absolute Gasteiger partial charge is 0.376 e. The third-order valence-electron chi connectivity index (χ3n) is 4.94. The second-order valence-corrected chi connectivity index (χ2v) is 6.61. The van der Waals surface area contributed by atoms with Gasteiger partial charge in [-0.3, -0.25) is 10.1 Å². The van der Waals surface area contributed by atoms with Gasteiger partial charge < -0.3 is 15.0 Å². The minimum Gasteiger partial charge on any atom is -0.376 e. The van der Waals surface area contributed by atoms with Gasteiger partial charge in [-0.15, -0.1) is 0 Å². The van der Waals surface area contributed by atoms with E-state index in [2.05, 4.69) is 27.4 Å². The highest BCUT2D eigenvalue weighted by molar-refractivity contribution is 5.70. The predicted molar refractivity (Wildman–Crippen MR) is 97.3 cm³/mol. The van der Waals surface area contributed by atoms with Crippen molar-refractivity contribution in [2.45, 2.75) is 31.9 Å². The van der Waals surface area contributed by atoms with Gasteiger partial charge in [-0.05, 0) is 30.4 Å². The summed E-state index contributed by atoms with van der Waals surface area (Å²) in [6.07, 6.45) is 4.30. The van der Waals surface area contributed by atoms with Gasteiger partial charge in [0.2, 0.25) is 11.6 Å². The van der Waals surface area contributed by atoms with E-state index < -0.39 is 4.92 Å². The maximum Gasteiger partial charge on any atom is 0.353 e. The molecule has 2 aromatic rings. The van der Waals surface area contributed by atoms with Crippen molar-refractivity contribution in [2.75, 3.05) is 29.9 Å². The Hall–Kier alpha value is -2.74. The molecule has 3 heterocycles. The van der Waals surface area contributed by atoms with E-state index in [1.165, 1.54) is 17.5 Å². The maximum absolute atomic E-state index is 11.8. The zero-order valence-electron chi connectivity index (χ0n) is 14.4. The Morgan fingerprint density at radius 3 is 2.92 bits per heavy atom. The molecule has 0 saturated carbocycles. The molecule has 2 aliphatic rings. The van der Waals surface area contributed by atoms with Crippen LogP contribution in [0.3, 0.4) is 0 Å². The number of ether oxygens (including phenoxy) is 1. The fourth-order valence-electron chi connectivity index (χ4n) is 3.59. The minimum absolute atomic E-state index is 0.0649. The molecule has 8 heteroatoms. The Bertz CT molecular complexity index is 807. The second kappa shape index (κ2) is 7.25. The van der Waals surface area contributed by atoms with Crippen molar-refractivity contribution in [3.8, 4) is 0 Å². The van der Waals surface area contributed by atoms with Crippen LogP contribution in [0.4, 0.5) is 17.3 Å². The van der Waals surface area contributed by atoms with Gasteiger partial charge in [0.25, 0.3) is 0 Å². The molecule has 0 spiro atoms. The summed E-state index contributed by atoms with van der Waals surface area (Å²) in [6.45, 7) is 2.57. The molecule has 1 aromatic heterocycles. The average molecular weight is 355 g/mol. The van der Waals surface area contributed by atoms with Gasteiger partial charge in [0.05, 0.1) is 11.0 Å². The van der Waals surface area contributed by atoms with Gasteiger partial charge in [0, 0.05) is 26.2 Å². The van der Waals surface area contributed by atoms with Crippen LogP contribution in [0.5, 0.6) is 0 Å².